The van der Waals surface area contributed by atoms with Crippen molar-refractivity contribution in [1.29, 1.82) is 0 Å². The molecule has 2 N–H and O–H groups in total. The predicted octanol–water partition coefficient (Wildman–Crippen LogP) is 1.42. The van der Waals surface area contributed by atoms with E-state index in [1.165, 1.54) is 0 Å². The third-order valence-corrected chi connectivity index (χ3v) is 3.17. The summed E-state index contributed by atoms with van der Waals surface area (Å²) in [5, 5.41) is 5.43. The Morgan fingerprint density at radius 3 is 2.88 bits per heavy atom. The molecule has 2 amide bonds. The number of hydrogen-bond acceptors (Lipinski definition) is 2. The molecule has 90 valence electrons. The van der Waals surface area contributed by atoms with E-state index in [4.69, 9.17) is 0 Å². The largest absolute Gasteiger partial charge is 0.359 e. The summed E-state index contributed by atoms with van der Waals surface area (Å²) in [7, 11) is 1.58. The van der Waals surface area contributed by atoms with Gasteiger partial charge in [-0.15, -0.1) is 0 Å². The number of anilines is 1. The summed E-state index contributed by atoms with van der Waals surface area (Å²) < 4.78 is 0. The highest BCUT2D eigenvalue weighted by Crippen LogP contribution is 2.37. The molecule has 0 aliphatic carbocycles. The van der Waals surface area contributed by atoms with Gasteiger partial charge in [0.05, 0.1) is 5.92 Å². The van der Waals surface area contributed by atoms with Gasteiger partial charge in [-0.25, -0.2) is 0 Å². The fraction of sp³-hybridized carbons (Fsp3) is 0.385. The normalized spacial score (nSPS) is 17.5. The van der Waals surface area contributed by atoms with Crippen LogP contribution in [0.1, 0.15) is 30.4 Å². The lowest BCUT2D eigenvalue weighted by Gasteiger charge is -2.08. The van der Waals surface area contributed by atoms with E-state index >= 15 is 0 Å². The Labute approximate surface area is 100 Å². The molecule has 1 aromatic rings. The van der Waals surface area contributed by atoms with Crippen LogP contribution in [0, 0.1) is 0 Å². The van der Waals surface area contributed by atoms with Crippen molar-refractivity contribution in [3.05, 3.63) is 29.3 Å². The molecule has 1 heterocycles. The molecule has 2 rings (SSSR count). The summed E-state index contributed by atoms with van der Waals surface area (Å²) in [5.41, 5.74) is 2.96. The van der Waals surface area contributed by atoms with Gasteiger partial charge in [0.1, 0.15) is 0 Å². The van der Waals surface area contributed by atoms with E-state index in [0.717, 1.165) is 23.2 Å². The molecule has 17 heavy (non-hydrogen) atoms. The van der Waals surface area contributed by atoms with Crippen molar-refractivity contribution in [3.8, 4) is 0 Å². The molecule has 1 aliphatic heterocycles. The third-order valence-electron chi connectivity index (χ3n) is 3.17. The summed E-state index contributed by atoms with van der Waals surface area (Å²) >= 11 is 0. The number of carbonyl (C=O) groups excluding carboxylic acids is 2. The van der Waals surface area contributed by atoms with Gasteiger partial charge in [0.15, 0.2) is 0 Å². The maximum absolute atomic E-state index is 11.9. The zero-order valence-electron chi connectivity index (χ0n) is 10.0. The second-order valence-electron chi connectivity index (χ2n) is 4.15. The standard InChI is InChI=1S/C13H16N2O2/c1-3-8-5-4-6-9-10(7-11(16)14-2)13(17)15-12(8)9/h4-6,10H,3,7H2,1-2H3,(H,14,16)(H,15,17). The Morgan fingerprint density at radius 1 is 1.47 bits per heavy atom. The van der Waals surface area contributed by atoms with Gasteiger partial charge in [-0.1, -0.05) is 25.1 Å². The van der Waals surface area contributed by atoms with E-state index in [2.05, 4.69) is 10.6 Å². The van der Waals surface area contributed by atoms with E-state index in [1.54, 1.807) is 7.05 Å². The fourth-order valence-electron chi connectivity index (χ4n) is 2.20. The topological polar surface area (TPSA) is 58.2 Å². The average molecular weight is 232 g/mol. The molecule has 0 spiro atoms. The van der Waals surface area contributed by atoms with Crippen LogP contribution in [-0.2, 0) is 16.0 Å². The second kappa shape index (κ2) is 4.57. The maximum atomic E-state index is 11.9. The van der Waals surface area contributed by atoms with Crippen molar-refractivity contribution in [3.63, 3.8) is 0 Å². The number of carbonyl (C=O) groups is 2. The predicted molar refractivity (Wildman–Crippen MR) is 65.9 cm³/mol. The van der Waals surface area contributed by atoms with E-state index in [-0.39, 0.29) is 24.2 Å². The minimum Gasteiger partial charge on any atom is -0.359 e. The van der Waals surface area contributed by atoms with Crippen molar-refractivity contribution >= 4 is 17.5 Å². The van der Waals surface area contributed by atoms with Crippen LogP contribution in [0.4, 0.5) is 5.69 Å². The highest BCUT2D eigenvalue weighted by atomic mass is 16.2. The average Bonchev–Trinajstić information content (AvgIpc) is 2.66. The van der Waals surface area contributed by atoms with Crippen molar-refractivity contribution < 1.29 is 9.59 Å². The fourth-order valence-corrected chi connectivity index (χ4v) is 2.20. The number of fused-ring (bicyclic) bond motifs is 1. The van der Waals surface area contributed by atoms with Crippen LogP contribution in [0.15, 0.2) is 18.2 Å². The molecular weight excluding hydrogens is 216 g/mol. The van der Waals surface area contributed by atoms with Crippen molar-refractivity contribution in [2.75, 3.05) is 12.4 Å². The zero-order chi connectivity index (χ0) is 12.4. The summed E-state index contributed by atoms with van der Waals surface area (Å²) in [6, 6.07) is 5.86. The first-order valence-electron chi connectivity index (χ1n) is 5.80. The zero-order valence-corrected chi connectivity index (χ0v) is 10.0. The van der Waals surface area contributed by atoms with Gasteiger partial charge in [0, 0.05) is 19.2 Å². The lowest BCUT2D eigenvalue weighted by atomic mass is 9.95. The quantitative estimate of drug-likeness (QED) is 0.828. The monoisotopic (exact) mass is 232 g/mol. The van der Waals surface area contributed by atoms with Gasteiger partial charge in [0.2, 0.25) is 11.8 Å². The van der Waals surface area contributed by atoms with Crippen LogP contribution in [-0.4, -0.2) is 18.9 Å². The van der Waals surface area contributed by atoms with Crippen molar-refractivity contribution in [2.45, 2.75) is 25.7 Å². The molecular formula is C13H16N2O2. The van der Waals surface area contributed by atoms with E-state index in [1.807, 2.05) is 25.1 Å². The molecule has 0 radical (unpaired) electrons. The number of nitrogens with one attached hydrogen (secondary N) is 2. The summed E-state index contributed by atoms with van der Waals surface area (Å²) in [6.07, 6.45) is 1.08. The van der Waals surface area contributed by atoms with Crippen molar-refractivity contribution in [1.82, 2.24) is 5.32 Å². The first-order chi connectivity index (χ1) is 8.17. The number of rotatable bonds is 3. The van der Waals surface area contributed by atoms with Crippen LogP contribution in [0.5, 0.6) is 0 Å². The van der Waals surface area contributed by atoms with Gasteiger partial charge >= 0.3 is 0 Å². The maximum Gasteiger partial charge on any atom is 0.232 e. The van der Waals surface area contributed by atoms with E-state index in [9.17, 15) is 9.59 Å². The highest BCUT2D eigenvalue weighted by Gasteiger charge is 2.32. The van der Waals surface area contributed by atoms with Crippen LogP contribution in [0.3, 0.4) is 0 Å². The molecule has 4 heteroatoms. The summed E-state index contributed by atoms with van der Waals surface area (Å²) in [5.74, 6) is -0.541. The Bertz CT molecular complexity index is 468. The molecule has 0 fully saturated rings. The number of para-hydroxylation sites is 1. The molecule has 0 saturated heterocycles. The minimum atomic E-state index is -0.351. The molecule has 1 unspecified atom stereocenters. The molecule has 1 atom stereocenters. The van der Waals surface area contributed by atoms with Crippen LogP contribution in [0.2, 0.25) is 0 Å². The summed E-state index contributed by atoms with van der Waals surface area (Å²) in [4.78, 5) is 23.2. The molecule has 0 bridgehead atoms. The van der Waals surface area contributed by atoms with Crippen molar-refractivity contribution in [2.24, 2.45) is 0 Å². The Balaban J connectivity index is 2.34. The summed E-state index contributed by atoms with van der Waals surface area (Å²) in [6.45, 7) is 2.05. The molecule has 0 saturated carbocycles. The number of hydrogen-bond donors (Lipinski definition) is 2. The third kappa shape index (κ3) is 2.02. The smallest absolute Gasteiger partial charge is 0.232 e. The van der Waals surface area contributed by atoms with Crippen LogP contribution >= 0.6 is 0 Å². The molecule has 4 nitrogen and oxygen atoms in total. The number of aryl methyl sites for hydroxylation is 1. The Morgan fingerprint density at radius 2 is 2.24 bits per heavy atom. The van der Waals surface area contributed by atoms with E-state index < -0.39 is 0 Å². The van der Waals surface area contributed by atoms with Gasteiger partial charge < -0.3 is 10.6 Å². The SMILES string of the molecule is CCc1cccc2c1NC(=O)C2CC(=O)NC. The molecule has 0 aromatic heterocycles. The Hall–Kier alpha value is -1.84. The van der Waals surface area contributed by atoms with Gasteiger partial charge in [-0.3, -0.25) is 9.59 Å². The lowest BCUT2D eigenvalue weighted by Crippen LogP contribution is -2.23. The first kappa shape index (κ1) is 11.6. The Kier molecular flexibility index (Phi) is 3.13. The lowest BCUT2D eigenvalue weighted by molar-refractivity contribution is -0.124. The van der Waals surface area contributed by atoms with Crippen LogP contribution in [0.25, 0.3) is 0 Å². The van der Waals surface area contributed by atoms with E-state index in [0.29, 0.717) is 0 Å². The molecule has 1 aliphatic rings. The van der Waals surface area contributed by atoms with Crippen LogP contribution < -0.4 is 10.6 Å². The first-order valence-corrected chi connectivity index (χ1v) is 5.80. The number of benzene rings is 1. The number of amides is 2. The minimum absolute atomic E-state index is 0.0792. The molecule has 1 aromatic carbocycles. The van der Waals surface area contributed by atoms with Gasteiger partial charge in [0.25, 0.3) is 0 Å². The highest BCUT2D eigenvalue weighted by molar-refractivity contribution is 6.05. The van der Waals surface area contributed by atoms with Gasteiger partial charge in [-0.05, 0) is 17.5 Å². The van der Waals surface area contributed by atoms with Gasteiger partial charge in [-0.2, -0.15) is 0 Å². The second-order valence-corrected chi connectivity index (χ2v) is 4.15.